The molecule has 1 aromatic heterocycles. The second kappa shape index (κ2) is 5.77. The Morgan fingerprint density at radius 1 is 1.56 bits per heavy atom. The molecule has 6 heteroatoms. The van der Waals surface area contributed by atoms with Crippen LogP contribution in [0.5, 0.6) is 0 Å². The lowest BCUT2D eigenvalue weighted by Crippen LogP contribution is -2.39. The minimum atomic E-state index is -0.523. The van der Waals surface area contributed by atoms with Gasteiger partial charge in [-0.3, -0.25) is 4.79 Å². The van der Waals surface area contributed by atoms with E-state index in [0.717, 1.165) is 32.5 Å². The molecule has 1 unspecified atom stereocenters. The molecule has 1 aliphatic heterocycles. The summed E-state index contributed by atoms with van der Waals surface area (Å²) < 4.78 is 0. The number of rotatable bonds is 5. The summed E-state index contributed by atoms with van der Waals surface area (Å²) >= 11 is 0. The molecule has 98 valence electrons. The van der Waals surface area contributed by atoms with Crippen molar-refractivity contribution in [3.63, 3.8) is 0 Å². The maximum atomic E-state index is 11.4. The van der Waals surface area contributed by atoms with Gasteiger partial charge in [-0.25, -0.2) is 9.97 Å². The normalized spacial score (nSPS) is 18.8. The van der Waals surface area contributed by atoms with Crippen molar-refractivity contribution in [1.82, 2.24) is 15.3 Å². The van der Waals surface area contributed by atoms with Crippen LogP contribution >= 0.6 is 0 Å². The molecule has 6 nitrogen and oxygen atoms in total. The van der Waals surface area contributed by atoms with Crippen molar-refractivity contribution >= 4 is 11.7 Å². The highest BCUT2D eigenvalue weighted by molar-refractivity contribution is 5.95. The molecule has 0 saturated carbocycles. The van der Waals surface area contributed by atoms with E-state index >= 15 is 0 Å². The molecule has 0 spiro atoms. The Bertz CT molecular complexity index is 417. The van der Waals surface area contributed by atoms with Crippen molar-refractivity contribution < 1.29 is 4.79 Å². The van der Waals surface area contributed by atoms with Gasteiger partial charge in [0, 0.05) is 31.5 Å². The molecule has 18 heavy (non-hydrogen) atoms. The number of primary amides is 1. The van der Waals surface area contributed by atoms with E-state index in [1.165, 1.54) is 6.20 Å². The standard InChI is InChI=1S/C12H19N5O/c1-2-7-17(9-3-4-14-8-9)12-10(11(13)18)15-5-6-16-12/h5-6,9,14H,2-4,7-8H2,1H3,(H2,13,18). The molecule has 0 aliphatic carbocycles. The van der Waals surface area contributed by atoms with E-state index < -0.39 is 5.91 Å². The van der Waals surface area contributed by atoms with Crippen LogP contribution in [0.4, 0.5) is 5.82 Å². The number of carbonyl (C=O) groups is 1. The summed E-state index contributed by atoms with van der Waals surface area (Å²) in [5, 5.41) is 3.32. The molecule has 0 bridgehead atoms. The summed E-state index contributed by atoms with van der Waals surface area (Å²) in [6.07, 6.45) is 5.15. The molecule has 2 heterocycles. The summed E-state index contributed by atoms with van der Waals surface area (Å²) in [6, 6.07) is 0.361. The largest absolute Gasteiger partial charge is 0.364 e. The van der Waals surface area contributed by atoms with Gasteiger partial charge in [-0.1, -0.05) is 6.92 Å². The average Bonchev–Trinajstić information content (AvgIpc) is 2.89. The van der Waals surface area contributed by atoms with Crippen LogP contribution < -0.4 is 16.0 Å². The van der Waals surface area contributed by atoms with Crippen LogP contribution in [0.1, 0.15) is 30.3 Å². The Morgan fingerprint density at radius 3 is 2.94 bits per heavy atom. The first-order chi connectivity index (χ1) is 8.74. The fourth-order valence-corrected chi connectivity index (χ4v) is 2.32. The van der Waals surface area contributed by atoms with Crippen molar-refractivity contribution in [2.24, 2.45) is 5.73 Å². The van der Waals surface area contributed by atoms with Crippen molar-refractivity contribution in [1.29, 1.82) is 0 Å². The zero-order valence-electron chi connectivity index (χ0n) is 10.6. The van der Waals surface area contributed by atoms with Gasteiger partial charge in [0.2, 0.25) is 0 Å². The SMILES string of the molecule is CCCN(c1nccnc1C(N)=O)C1CCNC1. The fourth-order valence-electron chi connectivity index (χ4n) is 2.32. The van der Waals surface area contributed by atoms with E-state index in [9.17, 15) is 4.79 Å². The number of hydrogen-bond acceptors (Lipinski definition) is 5. The van der Waals surface area contributed by atoms with Gasteiger partial charge < -0.3 is 16.0 Å². The van der Waals surface area contributed by atoms with E-state index in [2.05, 4.69) is 27.1 Å². The first kappa shape index (κ1) is 12.8. The van der Waals surface area contributed by atoms with Gasteiger partial charge in [0.15, 0.2) is 11.5 Å². The molecular formula is C12H19N5O. The molecule has 1 amide bonds. The van der Waals surface area contributed by atoms with Gasteiger partial charge in [-0.05, 0) is 19.4 Å². The smallest absolute Gasteiger partial charge is 0.271 e. The predicted molar refractivity (Wildman–Crippen MR) is 69.5 cm³/mol. The predicted octanol–water partition coefficient (Wildman–Crippen LogP) is 0.154. The first-order valence-corrected chi connectivity index (χ1v) is 6.32. The van der Waals surface area contributed by atoms with Crippen LogP contribution in [0.3, 0.4) is 0 Å². The minimum Gasteiger partial charge on any atom is -0.364 e. The molecule has 0 aromatic carbocycles. The third-order valence-corrected chi connectivity index (χ3v) is 3.12. The van der Waals surface area contributed by atoms with Gasteiger partial charge >= 0.3 is 0 Å². The van der Waals surface area contributed by atoms with Gasteiger partial charge in [0.05, 0.1) is 0 Å². The lowest BCUT2D eigenvalue weighted by molar-refractivity contribution is 0.0995. The molecule has 1 aliphatic rings. The first-order valence-electron chi connectivity index (χ1n) is 6.32. The summed E-state index contributed by atoms with van der Waals surface area (Å²) in [6.45, 7) is 4.87. The second-order valence-electron chi connectivity index (χ2n) is 4.43. The highest BCUT2D eigenvalue weighted by Crippen LogP contribution is 2.20. The van der Waals surface area contributed by atoms with Crippen LogP contribution in [0, 0.1) is 0 Å². The number of nitrogens with one attached hydrogen (secondary N) is 1. The number of hydrogen-bond donors (Lipinski definition) is 2. The average molecular weight is 249 g/mol. The molecule has 1 atom stereocenters. The second-order valence-corrected chi connectivity index (χ2v) is 4.43. The Morgan fingerprint density at radius 2 is 2.33 bits per heavy atom. The van der Waals surface area contributed by atoms with Crippen molar-refractivity contribution in [2.75, 3.05) is 24.5 Å². The number of nitrogens with zero attached hydrogens (tertiary/aromatic N) is 3. The lowest BCUT2D eigenvalue weighted by atomic mass is 10.2. The van der Waals surface area contributed by atoms with Crippen molar-refractivity contribution in [2.45, 2.75) is 25.8 Å². The van der Waals surface area contributed by atoms with E-state index in [4.69, 9.17) is 5.73 Å². The van der Waals surface area contributed by atoms with E-state index in [1.807, 2.05) is 0 Å². The molecule has 2 rings (SSSR count). The van der Waals surface area contributed by atoms with Crippen molar-refractivity contribution in [3.05, 3.63) is 18.1 Å². The Kier molecular flexibility index (Phi) is 4.09. The maximum absolute atomic E-state index is 11.4. The molecule has 1 fully saturated rings. The van der Waals surface area contributed by atoms with Crippen LogP contribution in [0.2, 0.25) is 0 Å². The summed E-state index contributed by atoms with van der Waals surface area (Å²) in [5.74, 6) is 0.0886. The quantitative estimate of drug-likeness (QED) is 0.776. The summed E-state index contributed by atoms with van der Waals surface area (Å²) in [5.41, 5.74) is 5.63. The number of amides is 1. The number of nitrogens with two attached hydrogens (primary N) is 1. The number of carbonyl (C=O) groups excluding carboxylic acids is 1. The number of aromatic nitrogens is 2. The Hall–Kier alpha value is -1.69. The fraction of sp³-hybridized carbons (Fsp3) is 0.583. The van der Waals surface area contributed by atoms with Crippen LogP contribution in [0.15, 0.2) is 12.4 Å². The molecular weight excluding hydrogens is 230 g/mol. The Labute approximate surface area is 107 Å². The van der Waals surface area contributed by atoms with Gasteiger partial charge in [-0.2, -0.15) is 0 Å². The summed E-state index contributed by atoms with van der Waals surface area (Å²) in [7, 11) is 0. The molecule has 3 N–H and O–H groups in total. The zero-order chi connectivity index (χ0) is 13.0. The third kappa shape index (κ3) is 2.59. The highest BCUT2D eigenvalue weighted by atomic mass is 16.1. The van der Waals surface area contributed by atoms with Crippen LogP contribution in [-0.4, -0.2) is 41.6 Å². The molecule has 1 saturated heterocycles. The maximum Gasteiger partial charge on any atom is 0.271 e. The van der Waals surface area contributed by atoms with E-state index in [0.29, 0.717) is 11.9 Å². The zero-order valence-corrected chi connectivity index (χ0v) is 10.6. The minimum absolute atomic E-state index is 0.262. The van der Waals surface area contributed by atoms with Crippen LogP contribution in [0.25, 0.3) is 0 Å². The molecule has 1 aromatic rings. The number of anilines is 1. The Balaban J connectivity index is 2.32. The summed E-state index contributed by atoms with van der Waals surface area (Å²) in [4.78, 5) is 21.9. The monoisotopic (exact) mass is 249 g/mol. The van der Waals surface area contributed by atoms with Gasteiger partial charge in [0.25, 0.3) is 5.91 Å². The van der Waals surface area contributed by atoms with Crippen LogP contribution in [-0.2, 0) is 0 Å². The van der Waals surface area contributed by atoms with Gasteiger partial charge in [0.1, 0.15) is 0 Å². The topological polar surface area (TPSA) is 84.1 Å². The van der Waals surface area contributed by atoms with E-state index in [1.54, 1.807) is 6.20 Å². The van der Waals surface area contributed by atoms with E-state index in [-0.39, 0.29) is 5.69 Å². The highest BCUT2D eigenvalue weighted by Gasteiger charge is 2.26. The third-order valence-electron chi connectivity index (χ3n) is 3.12. The van der Waals surface area contributed by atoms with Crippen molar-refractivity contribution in [3.8, 4) is 0 Å². The molecule has 0 radical (unpaired) electrons. The lowest BCUT2D eigenvalue weighted by Gasteiger charge is -2.29. The van der Waals surface area contributed by atoms with Gasteiger partial charge in [-0.15, -0.1) is 0 Å².